The maximum atomic E-state index is 11.3. The van der Waals surface area contributed by atoms with Crippen LogP contribution in [0.4, 0.5) is 0 Å². The first-order valence-electron chi connectivity index (χ1n) is 5.68. The molecule has 0 heterocycles. The van der Waals surface area contributed by atoms with Crippen LogP contribution in [-0.4, -0.2) is 18.2 Å². The van der Waals surface area contributed by atoms with Gasteiger partial charge in [0.1, 0.15) is 5.75 Å². The van der Waals surface area contributed by atoms with Crippen molar-refractivity contribution >= 4 is 5.97 Å². The molecule has 19 heavy (non-hydrogen) atoms. The maximum Gasteiger partial charge on any atom is 0.337 e. The number of benzene rings is 2. The highest BCUT2D eigenvalue weighted by molar-refractivity contribution is 5.89. The number of ether oxygens (including phenoxy) is 1. The fourth-order valence-electron chi connectivity index (χ4n) is 1.50. The summed E-state index contributed by atoms with van der Waals surface area (Å²) in [5.74, 6) is 5.81. The first-order chi connectivity index (χ1) is 9.19. The second-order valence-corrected chi connectivity index (χ2v) is 3.87. The Balaban J connectivity index is 2.16. The molecule has 2 aromatic rings. The minimum atomic E-state index is -0.363. The third-order valence-corrected chi connectivity index (χ3v) is 2.52. The number of esters is 1. The smallest absolute Gasteiger partial charge is 0.337 e. The molecule has 0 radical (unpaired) electrons. The molecule has 0 atom stereocenters. The summed E-state index contributed by atoms with van der Waals surface area (Å²) in [5, 5.41) is 9.16. The van der Waals surface area contributed by atoms with Gasteiger partial charge in [0.15, 0.2) is 0 Å². The molecule has 2 rings (SSSR count). The van der Waals surface area contributed by atoms with Crippen LogP contribution in [0.15, 0.2) is 48.5 Å². The van der Waals surface area contributed by atoms with Crippen molar-refractivity contribution in [3.63, 3.8) is 0 Å². The monoisotopic (exact) mass is 252 g/mol. The zero-order valence-corrected chi connectivity index (χ0v) is 10.4. The second-order valence-electron chi connectivity index (χ2n) is 3.87. The molecular formula is C16H12O3. The quantitative estimate of drug-likeness (QED) is 0.626. The van der Waals surface area contributed by atoms with Crippen LogP contribution in [-0.2, 0) is 4.74 Å². The van der Waals surface area contributed by atoms with Crippen molar-refractivity contribution in [3.05, 3.63) is 65.2 Å². The first kappa shape index (κ1) is 12.7. The van der Waals surface area contributed by atoms with Crippen LogP contribution in [0.5, 0.6) is 5.75 Å². The number of carbonyl (C=O) groups excluding carboxylic acids is 1. The molecule has 0 saturated heterocycles. The predicted molar refractivity (Wildman–Crippen MR) is 71.9 cm³/mol. The molecule has 0 spiro atoms. The van der Waals surface area contributed by atoms with Crippen LogP contribution in [0.25, 0.3) is 0 Å². The van der Waals surface area contributed by atoms with Crippen LogP contribution >= 0.6 is 0 Å². The molecule has 0 aromatic heterocycles. The Kier molecular flexibility index (Phi) is 3.84. The van der Waals surface area contributed by atoms with E-state index in [1.165, 1.54) is 7.11 Å². The SMILES string of the molecule is COC(=O)c1ccc(C#Cc2ccc(O)cc2)cc1. The Labute approximate surface area is 111 Å². The highest BCUT2D eigenvalue weighted by Gasteiger charge is 2.02. The maximum absolute atomic E-state index is 11.3. The fraction of sp³-hybridized carbons (Fsp3) is 0.0625. The van der Waals surface area contributed by atoms with Gasteiger partial charge in [-0.1, -0.05) is 11.8 Å². The van der Waals surface area contributed by atoms with Crippen molar-refractivity contribution in [1.29, 1.82) is 0 Å². The van der Waals surface area contributed by atoms with Crippen LogP contribution < -0.4 is 0 Å². The number of phenolic OH excluding ortho intramolecular Hbond substituents is 1. The normalized spacial score (nSPS) is 9.32. The van der Waals surface area contributed by atoms with Crippen LogP contribution in [0.2, 0.25) is 0 Å². The summed E-state index contributed by atoms with van der Waals surface area (Å²) in [6, 6.07) is 13.5. The molecule has 94 valence electrons. The first-order valence-corrected chi connectivity index (χ1v) is 5.68. The van der Waals surface area contributed by atoms with Gasteiger partial charge in [0, 0.05) is 11.1 Å². The summed E-state index contributed by atoms with van der Waals surface area (Å²) in [4.78, 5) is 11.3. The van der Waals surface area contributed by atoms with E-state index in [4.69, 9.17) is 5.11 Å². The summed E-state index contributed by atoms with van der Waals surface area (Å²) in [6.45, 7) is 0. The van der Waals surface area contributed by atoms with Gasteiger partial charge in [0.05, 0.1) is 12.7 Å². The van der Waals surface area contributed by atoms with Crippen LogP contribution in [0.1, 0.15) is 21.5 Å². The molecule has 0 unspecified atom stereocenters. The number of hydrogen-bond donors (Lipinski definition) is 1. The van der Waals surface area contributed by atoms with Crippen molar-refractivity contribution < 1.29 is 14.6 Å². The third-order valence-electron chi connectivity index (χ3n) is 2.52. The molecule has 0 aliphatic rings. The summed E-state index contributed by atoms with van der Waals surface area (Å²) in [5.41, 5.74) is 2.12. The van der Waals surface area contributed by atoms with E-state index in [-0.39, 0.29) is 11.7 Å². The molecule has 0 aliphatic heterocycles. The molecule has 0 aliphatic carbocycles. The fourth-order valence-corrected chi connectivity index (χ4v) is 1.50. The minimum absolute atomic E-state index is 0.216. The van der Waals surface area contributed by atoms with Crippen molar-refractivity contribution in [3.8, 4) is 17.6 Å². The van der Waals surface area contributed by atoms with E-state index in [0.717, 1.165) is 11.1 Å². The summed E-state index contributed by atoms with van der Waals surface area (Å²) < 4.78 is 4.62. The number of hydrogen-bond acceptors (Lipinski definition) is 3. The standard InChI is InChI=1S/C16H12O3/c1-19-16(18)14-8-4-12(5-9-14)2-3-13-6-10-15(17)11-7-13/h4-11,17H,1H3. The van der Waals surface area contributed by atoms with Gasteiger partial charge in [-0.05, 0) is 48.5 Å². The van der Waals surface area contributed by atoms with Crippen molar-refractivity contribution in [2.45, 2.75) is 0 Å². The zero-order chi connectivity index (χ0) is 13.7. The van der Waals surface area contributed by atoms with Gasteiger partial charge in [-0.25, -0.2) is 4.79 Å². The van der Waals surface area contributed by atoms with Gasteiger partial charge in [-0.15, -0.1) is 0 Å². The molecular weight excluding hydrogens is 240 g/mol. The number of methoxy groups -OCH3 is 1. The lowest BCUT2D eigenvalue weighted by molar-refractivity contribution is 0.0600. The van der Waals surface area contributed by atoms with E-state index in [9.17, 15) is 4.79 Å². The largest absolute Gasteiger partial charge is 0.508 e. The molecule has 0 fully saturated rings. The van der Waals surface area contributed by atoms with Gasteiger partial charge in [-0.2, -0.15) is 0 Å². The number of phenols is 1. The van der Waals surface area contributed by atoms with E-state index in [0.29, 0.717) is 5.56 Å². The summed E-state index contributed by atoms with van der Waals surface area (Å²) >= 11 is 0. The second kappa shape index (κ2) is 5.74. The topological polar surface area (TPSA) is 46.5 Å². The lowest BCUT2D eigenvalue weighted by atomic mass is 10.1. The lowest BCUT2D eigenvalue weighted by Crippen LogP contribution is -2.00. The highest BCUT2D eigenvalue weighted by atomic mass is 16.5. The lowest BCUT2D eigenvalue weighted by Gasteiger charge is -1.98. The number of aromatic hydroxyl groups is 1. The van der Waals surface area contributed by atoms with Crippen LogP contribution in [0, 0.1) is 11.8 Å². The molecule has 3 nitrogen and oxygen atoms in total. The van der Waals surface area contributed by atoms with Crippen molar-refractivity contribution in [2.24, 2.45) is 0 Å². The third kappa shape index (κ3) is 3.36. The number of carbonyl (C=O) groups is 1. The van der Waals surface area contributed by atoms with E-state index >= 15 is 0 Å². The highest BCUT2D eigenvalue weighted by Crippen LogP contribution is 2.09. The molecule has 0 bridgehead atoms. The molecule has 1 N–H and O–H groups in total. The van der Waals surface area contributed by atoms with E-state index in [1.807, 2.05) is 0 Å². The summed E-state index contributed by atoms with van der Waals surface area (Å²) in [7, 11) is 1.35. The summed E-state index contributed by atoms with van der Waals surface area (Å²) in [6.07, 6.45) is 0. The Hall–Kier alpha value is -2.73. The van der Waals surface area contributed by atoms with E-state index in [1.54, 1.807) is 48.5 Å². The number of rotatable bonds is 1. The van der Waals surface area contributed by atoms with Gasteiger partial charge < -0.3 is 9.84 Å². The Morgan fingerprint density at radius 1 is 0.947 bits per heavy atom. The van der Waals surface area contributed by atoms with Gasteiger partial charge in [0.25, 0.3) is 0 Å². The average Bonchev–Trinajstić information content (AvgIpc) is 2.46. The Morgan fingerprint density at radius 2 is 1.42 bits per heavy atom. The molecule has 3 heteroatoms. The predicted octanol–water partition coefficient (Wildman–Crippen LogP) is 2.58. The Morgan fingerprint density at radius 3 is 1.89 bits per heavy atom. The zero-order valence-electron chi connectivity index (χ0n) is 10.4. The van der Waals surface area contributed by atoms with Gasteiger partial charge in [0.2, 0.25) is 0 Å². The van der Waals surface area contributed by atoms with Crippen molar-refractivity contribution in [2.75, 3.05) is 7.11 Å². The van der Waals surface area contributed by atoms with Gasteiger partial charge >= 0.3 is 5.97 Å². The molecule has 0 saturated carbocycles. The van der Waals surface area contributed by atoms with Gasteiger partial charge in [-0.3, -0.25) is 0 Å². The average molecular weight is 252 g/mol. The van der Waals surface area contributed by atoms with Crippen molar-refractivity contribution in [1.82, 2.24) is 0 Å². The Bertz CT molecular complexity index is 628. The molecule has 2 aromatic carbocycles. The van der Waals surface area contributed by atoms with E-state index < -0.39 is 0 Å². The minimum Gasteiger partial charge on any atom is -0.508 e. The van der Waals surface area contributed by atoms with E-state index in [2.05, 4.69) is 16.6 Å². The van der Waals surface area contributed by atoms with Crippen LogP contribution in [0.3, 0.4) is 0 Å². The molecule has 0 amide bonds.